The molecule has 0 saturated heterocycles. The molecule has 0 aliphatic carbocycles. The molecule has 0 bridgehead atoms. The van der Waals surface area contributed by atoms with Crippen molar-refractivity contribution < 1.29 is 18.7 Å². The monoisotopic (exact) mass is 349 g/mol. The molecule has 0 aliphatic heterocycles. The Hall–Kier alpha value is -3.34. The Labute approximate surface area is 151 Å². The second-order valence-electron chi connectivity index (χ2n) is 5.84. The number of rotatable bonds is 5. The maximum Gasteiger partial charge on any atom is 0.342 e. The molecule has 1 N–H and O–H groups in total. The summed E-state index contributed by atoms with van der Waals surface area (Å²) in [5, 5.41) is 2.83. The van der Waals surface area contributed by atoms with Gasteiger partial charge in [-0.1, -0.05) is 48.5 Å². The molecule has 0 aliphatic rings. The maximum absolute atomic E-state index is 12.5. The molecule has 132 valence electrons. The van der Waals surface area contributed by atoms with Gasteiger partial charge in [0.05, 0.1) is 6.26 Å². The number of benzene rings is 2. The largest absolute Gasteiger partial charge is 0.469 e. The number of para-hydroxylation sites is 1. The second-order valence-corrected chi connectivity index (χ2v) is 5.84. The number of anilines is 1. The van der Waals surface area contributed by atoms with Crippen molar-refractivity contribution in [2.24, 2.45) is 0 Å². The van der Waals surface area contributed by atoms with E-state index in [2.05, 4.69) is 5.32 Å². The van der Waals surface area contributed by atoms with Crippen molar-refractivity contribution in [3.8, 4) is 11.1 Å². The summed E-state index contributed by atoms with van der Waals surface area (Å²) in [5.41, 5.74) is 2.85. The highest BCUT2D eigenvalue weighted by atomic mass is 16.5. The zero-order valence-corrected chi connectivity index (χ0v) is 14.6. The van der Waals surface area contributed by atoms with E-state index in [1.54, 1.807) is 6.92 Å². The van der Waals surface area contributed by atoms with Crippen molar-refractivity contribution in [1.29, 1.82) is 0 Å². The van der Waals surface area contributed by atoms with Gasteiger partial charge in [0.1, 0.15) is 11.3 Å². The summed E-state index contributed by atoms with van der Waals surface area (Å²) in [4.78, 5) is 24.6. The van der Waals surface area contributed by atoms with E-state index in [-0.39, 0.29) is 0 Å². The smallest absolute Gasteiger partial charge is 0.342 e. The van der Waals surface area contributed by atoms with E-state index in [4.69, 9.17) is 9.15 Å². The summed E-state index contributed by atoms with van der Waals surface area (Å²) >= 11 is 0. The number of hydrogen-bond acceptors (Lipinski definition) is 4. The van der Waals surface area contributed by atoms with E-state index in [0.717, 1.165) is 11.1 Å². The van der Waals surface area contributed by atoms with Crippen molar-refractivity contribution >= 4 is 17.6 Å². The van der Waals surface area contributed by atoms with Crippen LogP contribution in [-0.4, -0.2) is 18.0 Å². The summed E-state index contributed by atoms with van der Waals surface area (Å²) in [6.07, 6.45) is 0.466. The van der Waals surface area contributed by atoms with Crippen LogP contribution in [0.15, 0.2) is 71.3 Å². The van der Waals surface area contributed by atoms with Gasteiger partial charge in [-0.25, -0.2) is 4.79 Å². The Morgan fingerprint density at radius 1 is 1.00 bits per heavy atom. The number of furan rings is 1. The third-order valence-electron chi connectivity index (χ3n) is 4.00. The van der Waals surface area contributed by atoms with E-state index in [1.807, 2.05) is 54.6 Å². The van der Waals surface area contributed by atoms with Gasteiger partial charge in [-0.05, 0) is 31.5 Å². The van der Waals surface area contributed by atoms with Gasteiger partial charge in [0.15, 0.2) is 6.10 Å². The molecule has 1 atom stereocenters. The topological polar surface area (TPSA) is 68.5 Å². The van der Waals surface area contributed by atoms with Gasteiger partial charge in [-0.2, -0.15) is 0 Å². The maximum atomic E-state index is 12.5. The highest BCUT2D eigenvalue weighted by Crippen LogP contribution is 2.27. The fourth-order valence-electron chi connectivity index (χ4n) is 2.57. The van der Waals surface area contributed by atoms with Crippen LogP contribution in [-0.2, 0) is 9.53 Å². The lowest BCUT2D eigenvalue weighted by atomic mass is 10.0. The Balaban J connectivity index is 1.72. The Bertz CT molecular complexity index is 915. The molecule has 3 rings (SSSR count). The van der Waals surface area contributed by atoms with Crippen LogP contribution in [0.5, 0.6) is 0 Å². The highest BCUT2D eigenvalue weighted by Gasteiger charge is 2.22. The van der Waals surface area contributed by atoms with Crippen LogP contribution >= 0.6 is 0 Å². The number of esters is 1. The third kappa shape index (κ3) is 3.83. The summed E-state index contributed by atoms with van der Waals surface area (Å²) in [6, 6.07) is 18.8. The average Bonchev–Trinajstić information content (AvgIpc) is 3.09. The Morgan fingerprint density at radius 3 is 2.38 bits per heavy atom. The molecular weight excluding hydrogens is 330 g/mol. The number of nitrogens with one attached hydrogen (secondary N) is 1. The zero-order valence-electron chi connectivity index (χ0n) is 14.6. The van der Waals surface area contributed by atoms with Gasteiger partial charge < -0.3 is 14.5 Å². The SMILES string of the molecule is Cc1occc1C(=O)O[C@@H](C)C(=O)Nc1ccccc1-c1ccccc1. The minimum atomic E-state index is -0.944. The standard InChI is InChI=1S/C21H19NO4/c1-14-17(12-13-25-14)21(24)26-15(2)20(23)22-19-11-7-6-10-18(19)16-8-4-3-5-9-16/h3-13,15H,1-2H3,(H,22,23)/t15-/m0/s1. The predicted molar refractivity (Wildman–Crippen MR) is 98.8 cm³/mol. The first-order chi connectivity index (χ1) is 12.6. The molecule has 0 spiro atoms. The summed E-state index contributed by atoms with van der Waals surface area (Å²) in [7, 11) is 0. The van der Waals surface area contributed by atoms with Crippen LogP contribution in [0.25, 0.3) is 11.1 Å². The van der Waals surface area contributed by atoms with Crippen molar-refractivity contribution in [2.45, 2.75) is 20.0 Å². The normalized spacial score (nSPS) is 11.6. The Kier molecular flexibility index (Phi) is 5.17. The fraction of sp³-hybridized carbons (Fsp3) is 0.143. The number of aryl methyl sites for hydroxylation is 1. The van der Waals surface area contributed by atoms with Gasteiger partial charge in [0.25, 0.3) is 5.91 Å². The molecule has 26 heavy (non-hydrogen) atoms. The molecule has 0 unspecified atom stereocenters. The molecule has 1 heterocycles. The van der Waals surface area contributed by atoms with Crippen LogP contribution in [0.4, 0.5) is 5.69 Å². The molecule has 0 radical (unpaired) electrons. The van der Waals surface area contributed by atoms with Crippen molar-refractivity contribution in [1.82, 2.24) is 0 Å². The van der Waals surface area contributed by atoms with E-state index < -0.39 is 18.0 Å². The van der Waals surface area contributed by atoms with Crippen LogP contribution in [0.3, 0.4) is 0 Å². The van der Waals surface area contributed by atoms with Crippen molar-refractivity contribution in [2.75, 3.05) is 5.32 Å². The lowest BCUT2D eigenvalue weighted by Crippen LogP contribution is -2.30. The molecule has 5 heteroatoms. The van der Waals surface area contributed by atoms with Crippen LogP contribution in [0.1, 0.15) is 23.0 Å². The first-order valence-corrected chi connectivity index (χ1v) is 8.26. The third-order valence-corrected chi connectivity index (χ3v) is 4.00. The summed E-state index contributed by atoms with van der Waals surface area (Å²) in [6.45, 7) is 3.20. The van der Waals surface area contributed by atoms with E-state index >= 15 is 0 Å². The van der Waals surface area contributed by atoms with E-state index in [9.17, 15) is 9.59 Å². The first-order valence-electron chi connectivity index (χ1n) is 8.26. The lowest BCUT2D eigenvalue weighted by molar-refractivity contribution is -0.123. The lowest BCUT2D eigenvalue weighted by Gasteiger charge is -2.15. The van der Waals surface area contributed by atoms with Gasteiger partial charge in [0.2, 0.25) is 0 Å². The van der Waals surface area contributed by atoms with Crippen LogP contribution in [0.2, 0.25) is 0 Å². The number of carbonyl (C=O) groups is 2. The minimum Gasteiger partial charge on any atom is -0.469 e. The second kappa shape index (κ2) is 7.70. The summed E-state index contributed by atoms with van der Waals surface area (Å²) in [5.74, 6) is -0.532. The van der Waals surface area contributed by atoms with Gasteiger partial charge in [-0.15, -0.1) is 0 Å². The van der Waals surface area contributed by atoms with Crippen molar-refractivity contribution in [3.63, 3.8) is 0 Å². The molecule has 3 aromatic rings. The summed E-state index contributed by atoms with van der Waals surface area (Å²) < 4.78 is 10.3. The van der Waals surface area contributed by atoms with E-state index in [0.29, 0.717) is 17.0 Å². The van der Waals surface area contributed by atoms with Gasteiger partial charge in [-0.3, -0.25) is 4.79 Å². The number of carbonyl (C=O) groups excluding carboxylic acids is 2. The minimum absolute atomic E-state index is 0.314. The number of ether oxygens (including phenoxy) is 1. The van der Waals surface area contributed by atoms with Crippen molar-refractivity contribution in [3.05, 3.63) is 78.3 Å². The van der Waals surface area contributed by atoms with E-state index in [1.165, 1.54) is 19.3 Å². The molecule has 0 fully saturated rings. The average molecular weight is 349 g/mol. The zero-order chi connectivity index (χ0) is 18.5. The van der Waals surface area contributed by atoms with Crippen LogP contribution < -0.4 is 5.32 Å². The molecule has 0 saturated carbocycles. The molecule has 2 aromatic carbocycles. The molecule has 1 aromatic heterocycles. The quantitative estimate of drug-likeness (QED) is 0.692. The number of hydrogen-bond donors (Lipinski definition) is 1. The fourth-order valence-corrected chi connectivity index (χ4v) is 2.57. The highest BCUT2D eigenvalue weighted by molar-refractivity contribution is 6.00. The van der Waals surface area contributed by atoms with Gasteiger partial charge >= 0.3 is 5.97 Å². The molecule has 5 nitrogen and oxygen atoms in total. The predicted octanol–water partition coefficient (Wildman–Crippen LogP) is 4.44. The Morgan fingerprint density at radius 2 is 1.69 bits per heavy atom. The molecule has 1 amide bonds. The van der Waals surface area contributed by atoms with Crippen LogP contribution in [0, 0.1) is 6.92 Å². The first kappa shape index (κ1) is 17.5. The molecular formula is C21H19NO4. The van der Waals surface area contributed by atoms with Gasteiger partial charge in [0, 0.05) is 11.3 Å². The number of amides is 1.